The van der Waals surface area contributed by atoms with Gasteiger partial charge in [-0.15, -0.1) is 0 Å². The summed E-state index contributed by atoms with van der Waals surface area (Å²) >= 11 is 0. The Hall–Kier alpha value is -2.81. The minimum absolute atomic E-state index is 0.0702. The van der Waals surface area contributed by atoms with Crippen molar-refractivity contribution in [1.29, 1.82) is 5.26 Å². The van der Waals surface area contributed by atoms with Crippen LogP contribution in [0.15, 0.2) is 24.3 Å². The first-order chi connectivity index (χ1) is 11.6. The van der Waals surface area contributed by atoms with Crippen molar-refractivity contribution < 1.29 is 14.3 Å². The Kier molecular flexibility index (Phi) is 5.96. The summed E-state index contributed by atoms with van der Waals surface area (Å²) in [5.41, 5.74) is 2.22. The van der Waals surface area contributed by atoms with Gasteiger partial charge in [-0.2, -0.15) is 10.4 Å². The molecule has 0 unspecified atom stereocenters. The second-order valence-electron chi connectivity index (χ2n) is 5.13. The largest absolute Gasteiger partial charge is 0.465 e. The van der Waals surface area contributed by atoms with Gasteiger partial charge in [0.25, 0.3) is 0 Å². The second kappa shape index (κ2) is 8.16. The Bertz CT molecular complexity index is 742. The molecule has 126 valence electrons. The molecule has 0 fully saturated rings. The van der Waals surface area contributed by atoms with Crippen LogP contribution in [0.2, 0.25) is 0 Å². The number of carbonyl (C=O) groups excluding carboxylic acids is 1. The van der Waals surface area contributed by atoms with Crippen LogP contribution in [0, 0.1) is 11.3 Å². The number of esters is 1. The molecule has 6 heteroatoms. The predicted molar refractivity (Wildman–Crippen MR) is 88.8 cm³/mol. The molecule has 0 amide bonds. The summed E-state index contributed by atoms with van der Waals surface area (Å²) in [6, 6.07) is 8.99. The molecule has 0 atom stereocenters. The van der Waals surface area contributed by atoms with E-state index in [2.05, 4.69) is 11.2 Å². The minimum Gasteiger partial charge on any atom is -0.465 e. The molecule has 0 saturated carbocycles. The molecule has 0 N–H and O–H groups in total. The number of hydrogen-bond acceptors (Lipinski definition) is 5. The van der Waals surface area contributed by atoms with Crippen LogP contribution in [-0.4, -0.2) is 22.4 Å². The number of carbonyl (C=O) groups is 1. The summed E-state index contributed by atoms with van der Waals surface area (Å²) < 4.78 is 12.6. The Morgan fingerprint density at radius 1 is 1.21 bits per heavy atom. The third-order valence-electron chi connectivity index (χ3n) is 3.53. The maximum absolute atomic E-state index is 11.8. The van der Waals surface area contributed by atoms with Crippen LogP contribution in [0.3, 0.4) is 0 Å². The number of benzene rings is 1. The summed E-state index contributed by atoms with van der Waals surface area (Å²) in [5, 5.41) is 13.4. The van der Waals surface area contributed by atoms with Crippen molar-refractivity contribution in [3.05, 3.63) is 41.2 Å². The molecule has 6 nitrogen and oxygen atoms in total. The highest BCUT2D eigenvalue weighted by Gasteiger charge is 2.19. The third kappa shape index (κ3) is 3.93. The molecule has 0 bridgehead atoms. The molecule has 2 rings (SSSR count). The Balaban J connectivity index is 2.31. The van der Waals surface area contributed by atoms with Crippen molar-refractivity contribution in [2.75, 3.05) is 6.61 Å². The Morgan fingerprint density at radius 3 is 2.46 bits per heavy atom. The molecule has 2 aromatic rings. The predicted octanol–water partition coefficient (Wildman–Crippen LogP) is 3.23. The first-order valence-electron chi connectivity index (χ1n) is 8.05. The van der Waals surface area contributed by atoms with Crippen LogP contribution in [0.5, 0.6) is 11.5 Å². The smallest absolute Gasteiger partial charge is 0.327 e. The van der Waals surface area contributed by atoms with Crippen molar-refractivity contribution in [1.82, 2.24) is 9.78 Å². The number of hydrogen-bond donors (Lipinski definition) is 0. The third-order valence-corrected chi connectivity index (χ3v) is 3.53. The van der Waals surface area contributed by atoms with E-state index in [4.69, 9.17) is 14.7 Å². The van der Waals surface area contributed by atoms with E-state index in [1.54, 1.807) is 35.9 Å². The van der Waals surface area contributed by atoms with Crippen LogP contribution >= 0.6 is 0 Å². The zero-order chi connectivity index (χ0) is 17.5. The zero-order valence-corrected chi connectivity index (χ0v) is 14.2. The summed E-state index contributed by atoms with van der Waals surface area (Å²) in [6.07, 6.45) is 1.37. The van der Waals surface area contributed by atoms with Crippen LogP contribution in [0.1, 0.15) is 37.7 Å². The highest BCUT2D eigenvalue weighted by atomic mass is 16.5. The van der Waals surface area contributed by atoms with Crippen LogP contribution in [0.25, 0.3) is 0 Å². The second-order valence-corrected chi connectivity index (χ2v) is 5.13. The summed E-state index contributed by atoms with van der Waals surface area (Å²) in [6.45, 7) is 6.17. The Labute approximate surface area is 141 Å². The monoisotopic (exact) mass is 327 g/mol. The van der Waals surface area contributed by atoms with E-state index < -0.39 is 0 Å². The molecule has 0 aliphatic carbocycles. The van der Waals surface area contributed by atoms with Gasteiger partial charge in [0, 0.05) is 0 Å². The molecule has 1 aromatic heterocycles. The van der Waals surface area contributed by atoms with Gasteiger partial charge < -0.3 is 9.47 Å². The van der Waals surface area contributed by atoms with E-state index in [9.17, 15) is 4.79 Å². The van der Waals surface area contributed by atoms with Gasteiger partial charge in [0.15, 0.2) is 5.75 Å². The highest BCUT2D eigenvalue weighted by molar-refractivity contribution is 5.69. The van der Waals surface area contributed by atoms with Gasteiger partial charge in [-0.05, 0) is 44.0 Å². The maximum atomic E-state index is 11.8. The topological polar surface area (TPSA) is 77.1 Å². The average Bonchev–Trinajstić information content (AvgIpc) is 2.92. The molecule has 0 saturated heterocycles. The number of rotatable bonds is 7. The van der Waals surface area contributed by atoms with Crippen molar-refractivity contribution in [3.8, 4) is 17.6 Å². The molecule has 1 aromatic carbocycles. The zero-order valence-electron chi connectivity index (χ0n) is 14.2. The summed E-state index contributed by atoms with van der Waals surface area (Å²) in [7, 11) is 0. The van der Waals surface area contributed by atoms with E-state index >= 15 is 0 Å². The van der Waals surface area contributed by atoms with Gasteiger partial charge in [0.2, 0.25) is 0 Å². The SMILES string of the molecule is CCOC(=O)Cn1nc(CC)c(Oc2ccc(C#N)cc2)c1CC. The first-order valence-corrected chi connectivity index (χ1v) is 8.05. The van der Waals surface area contributed by atoms with Crippen molar-refractivity contribution in [3.63, 3.8) is 0 Å². The lowest BCUT2D eigenvalue weighted by Crippen LogP contribution is -2.16. The van der Waals surface area contributed by atoms with E-state index in [0.717, 1.165) is 11.4 Å². The van der Waals surface area contributed by atoms with E-state index in [1.807, 2.05) is 13.8 Å². The summed E-state index contributed by atoms with van der Waals surface area (Å²) in [5.74, 6) is 0.991. The van der Waals surface area contributed by atoms with Gasteiger partial charge in [-0.25, -0.2) is 0 Å². The number of aryl methyl sites for hydroxylation is 1. The van der Waals surface area contributed by atoms with Gasteiger partial charge in [0.05, 0.1) is 23.9 Å². The van der Waals surface area contributed by atoms with Crippen LogP contribution in [0.4, 0.5) is 0 Å². The average molecular weight is 327 g/mol. The molecule has 0 spiro atoms. The molecule has 0 aliphatic rings. The van der Waals surface area contributed by atoms with Gasteiger partial charge in [0.1, 0.15) is 18.0 Å². The van der Waals surface area contributed by atoms with Crippen molar-refractivity contribution >= 4 is 5.97 Å². The fourth-order valence-corrected chi connectivity index (χ4v) is 2.40. The van der Waals surface area contributed by atoms with Crippen LogP contribution in [-0.2, 0) is 28.9 Å². The van der Waals surface area contributed by atoms with Gasteiger partial charge in [-0.1, -0.05) is 13.8 Å². The van der Waals surface area contributed by atoms with E-state index in [-0.39, 0.29) is 12.5 Å². The van der Waals surface area contributed by atoms with Gasteiger partial charge in [-0.3, -0.25) is 9.48 Å². The number of nitrogens with zero attached hydrogens (tertiary/aromatic N) is 3. The molecular formula is C18H21N3O3. The summed E-state index contributed by atoms with van der Waals surface area (Å²) in [4.78, 5) is 11.8. The fraction of sp³-hybridized carbons (Fsp3) is 0.389. The number of aromatic nitrogens is 2. The highest BCUT2D eigenvalue weighted by Crippen LogP contribution is 2.30. The molecular weight excluding hydrogens is 306 g/mol. The number of nitriles is 1. The normalized spacial score (nSPS) is 10.2. The quantitative estimate of drug-likeness (QED) is 0.730. The number of ether oxygens (including phenoxy) is 2. The maximum Gasteiger partial charge on any atom is 0.327 e. The van der Waals surface area contributed by atoms with Crippen molar-refractivity contribution in [2.45, 2.75) is 40.2 Å². The standard InChI is InChI=1S/C18H21N3O3/c1-4-15-18(24-14-9-7-13(11-19)8-10-14)16(5-2)21(20-15)12-17(22)23-6-3/h7-10H,4-6,12H2,1-3H3. The molecule has 24 heavy (non-hydrogen) atoms. The minimum atomic E-state index is -0.317. The lowest BCUT2D eigenvalue weighted by atomic mass is 10.2. The lowest BCUT2D eigenvalue weighted by Gasteiger charge is -2.09. The molecule has 0 aliphatic heterocycles. The van der Waals surface area contributed by atoms with Gasteiger partial charge >= 0.3 is 5.97 Å². The van der Waals surface area contributed by atoms with Crippen molar-refractivity contribution in [2.24, 2.45) is 0 Å². The van der Waals surface area contributed by atoms with Crippen LogP contribution < -0.4 is 4.74 Å². The molecule has 0 radical (unpaired) electrons. The lowest BCUT2D eigenvalue weighted by molar-refractivity contribution is -0.144. The fourth-order valence-electron chi connectivity index (χ4n) is 2.40. The van der Waals surface area contributed by atoms with E-state index in [0.29, 0.717) is 36.5 Å². The first kappa shape index (κ1) is 17.5. The van der Waals surface area contributed by atoms with E-state index in [1.165, 1.54) is 0 Å². The Morgan fingerprint density at radius 2 is 1.92 bits per heavy atom. The molecule has 1 heterocycles.